The number of hydrogen-bond acceptors (Lipinski definition) is 1. The Balaban J connectivity index is 2.16. The van der Waals surface area contributed by atoms with Gasteiger partial charge in [-0.1, -0.05) is 41.4 Å². The Morgan fingerprint density at radius 2 is 1.71 bits per heavy atom. The van der Waals surface area contributed by atoms with E-state index in [1.54, 1.807) is 12.1 Å². The summed E-state index contributed by atoms with van der Waals surface area (Å²) in [6, 6.07) is 12.3. The van der Waals surface area contributed by atoms with Crippen molar-refractivity contribution in [1.29, 1.82) is 0 Å². The first-order chi connectivity index (χ1) is 10.1. The SMILES string of the molecule is CNCC(Cc1cccc(F)c1)Cc1c(Cl)cccc1Cl. The summed E-state index contributed by atoms with van der Waals surface area (Å²) in [5.74, 6) is 0.0979. The number of benzene rings is 2. The van der Waals surface area contributed by atoms with E-state index in [9.17, 15) is 4.39 Å². The summed E-state index contributed by atoms with van der Waals surface area (Å²) in [5, 5.41) is 4.55. The lowest BCUT2D eigenvalue weighted by Gasteiger charge is -2.18. The summed E-state index contributed by atoms with van der Waals surface area (Å²) in [5.41, 5.74) is 1.94. The Morgan fingerprint density at radius 3 is 2.33 bits per heavy atom. The van der Waals surface area contributed by atoms with Crippen LogP contribution in [-0.2, 0) is 12.8 Å². The van der Waals surface area contributed by atoms with Crippen LogP contribution in [0.5, 0.6) is 0 Å². The van der Waals surface area contributed by atoms with E-state index in [1.165, 1.54) is 6.07 Å². The Bertz CT molecular complexity index is 581. The molecule has 4 heteroatoms. The Hall–Kier alpha value is -1.09. The normalized spacial score (nSPS) is 12.4. The van der Waals surface area contributed by atoms with Crippen LogP contribution in [-0.4, -0.2) is 13.6 Å². The van der Waals surface area contributed by atoms with Crippen molar-refractivity contribution in [2.24, 2.45) is 5.92 Å². The van der Waals surface area contributed by atoms with Gasteiger partial charge in [0.2, 0.25) is 0 Å². The molecule has 0 saturated carbocycles. The molecule has 0 aliphatic heterocycles. The molecule has 0 heterocycles. The maximum absolute atomic E-state index is 13.3. The van der Waals surface area contributed by atoms with Crippen LogP contribution in [0.25, 0.3) is 0 Å². The van der Waals surface area contributed by atoms with Crippen molar-refractivity contribution in [3.63, 3.8) is 0 Å². The van der Waals surface area contributed by atoms with E-state index in [4.69, 9.17) is 23.2 Å². The predicted octanol–water partition coefficient (Wildman–Crippen LogP) is 4.75. The van der Waals surface area contributed by atoms with Gasteiger partial charge in [-0.25, -0.2) is 4.39 Å². The van der Waals surface area contributed by atoms with Crippen LogP contribution >= 0.6 is 23.2 Å². The van der Waals surface area contributed by atoms with Crippen LogP contribution in [0.15, 0.2) is 42.5 Å². The average Bonchev–Trinajstić information content (AvgIpc) is 2.43. The number of hydrogen-bond donors (Lipinski definition) is 1. The standard InChI is InChI=1S/C17H18Cl2FN/c1-21-11-13(8-12-4-2-5-14(20)9-12)10-15-16(18)6-3-7-17(15)19/h2-7,9,13,21H,8,10-11H2,1H3. The highest BCUT2D eigenvalue weighted by molar-refractivity contribution is 6.35. The maximum atomic E-state index is 13.3. The first-order valence-electron chi connectivity index (χ1n) is 6.92. The van der Waals surface area contributed by atoms with Crippen LogP contribution in [0.4, 0.5) is 4.39 Å². The van der Waals surface area contributed by atoms with E-state index in [0.717, 1.165) is 30.5 Å². The van der Waals surface area contributed by atoms with Crippen molar-refractivity contribution in [2.75, 3.05) is 13.6 Å². The van der Waals surface area contributed by atoms with Crippen molar-refractivity contribution in [3.05, 3.63) is 69.5 Å². The zero-order chi connectivity index (χ0) is 15.2. The molecule has 0 aliphatic carbocycles. The predicted molar refractivity (Wildman–Crippen MR) is 87.7 cm³/mol. The van der Waals surface area contributed by atoms with Gasteiger partial charge in [0.05, 0.1) is 0 Å². The lowest BCUT2D eigenvalue weighted by Crippen LogP contribution is -2.23. The molecular weight excluding hydrogens is 308 g/mol. The van der Waals surface area contributed by atoms with Gasteiger partial charge in [0.1, 0.15) is 5.82 Å². The zero-order valence-corrected chi connectivity index (χ0v) is 13.4. The summed E-state index contributed by atoms with van der Waals surface area (Å²) in [7, 11) is 1.91. The molecule has 0 saturated heterocycles. The Labute approximate surface area is 135 Å². The van der Waals surface area contributed by atoms with Gasteiger partial charge in [-0.15, -0.1) is 0 Å². The molecular formula is C17H18Cl2FN. The van der Waals surface area contributed by atoms with E-state index < -0.39 is 0 Å². The second-order valence-electron chi connectivity index (χ2n) is 5.16. The van der Waals surface area contributed by atoms with Crippen LogP contribution in [0, 0.1) is 11.7 Å². The highest BCUT2D eigenvalue weighted by Crippen LogP contribution is 2.28. The van der Waals surface area contributed by atoms with Gasteiger partial charge in [0, 0.05) is 10.0 Å². The van der Waals surface area contributed by atoms with E-state index >= 15 is 0 Å². The molecule has 0 bridgehead atoms. The summed E-state index contributed by atoms with van der Waals surface area (Å²) in [4.78, 5) is 0. The average molecular weight is 326 g/mol. The van der Waals surface area contributed by atoms with E-state index in [0.29, 0.717) is 16.0 Å². The second-order valence-corrected chi connectivity index (χ2v) is 5.98. The molecule has 21 heavy (non-hydrogen) atoms. The molecule has 1 nitrogen and oxygen atoms in total. The van der Waals surface area contributed by atoms with Crippen molar-refractivity contribution in [2.45, 2.75) is 12.8 Å². The van der Waals surface area contributed by atoms with Crippen molar-refractivity contribution < 1.29 is 4.39 Å². The lowest BCUT2D eigenvalue weighted by atomic mass is 9.92. The van der Waals surface area contributed by atoms with Crippen molar-refractivity contribution in [1.82, 2.24) is 5.32 Å². The number of nitrogens with one attached hydrogen (secondary N) is 1. The first-order valence-corrected chi connectivity index (χ1v) is 7.67. The summed E-state index contributed by atoms with van der Waals surface area (Å²) in [6.45, 7) is 0.818. The molecule has 1 unspecified atom stereocenters. The Morgan fingerprint density at radius 1 is 1.05 bits per heavy atom. The molecule has 0 fully saturated rings. The summed E-state index contributed by atoms with van der Waals surface area (Å²) >= 11 is 12.5. The van der Waals surface area contributed by atoms with E-state index in [2.05, 4.69) is 5.32 Å². The van der Waals surface area contributed by atoms with Gasteiger partial charge >= 0.3 is 0 Å². The van der Waals surface area contributed by atoms with Gasteiger partial charge in [-0.3, -0.25) is 0 Å². The number of halogens is 3. The molecule has 2 aromatic carbocycles. The molecule has 1 N–H and O–H groups in total. The third-order valence-corrected chi connectivity index (χ3v) is 4.17. The van der Waals surface area contributed by atoms with Crippen LogP contribution in [0.3, 0.4) is 0 Å². The van der Waals surface area contributed by atoms with Crippen molar-refractivity contribution in [3.8, 4) is 0 Å². The highest BCUT2D eigenvalue weighted by Gasteiger charge is 2.14. The van der Waals surface area contributed by atoms with Gasteiger partial charge in [0.15, 0.2) is 0 Å². The van der Waals surface area contributed by atoms with E-state index in [-0.39, 0.29) is 5.82 Å². The minimum absolute atomic E-state index is 0.202. The van der Waals surface area contributed by atoms with Gasteiger partial charge in [-0.2, -0.15) is 0 Å². The fraction of sp³-hybridized carbons (Fsp3) is 0.294. The molecule has 0 spiro atoms. The fourth-order valence-electron chi connectivity index (χ4n) is 2.52. The molecule has 0 amide bonds. The molecule has 2 aromatic rings. The topological polar surface area (TPSA) is 12.0 Å². The second kappa shape index (κ2) is 7.79. The molecule has 2 rings (SSSR count). The quantitative estimate of drug-likeness (QED) is 0.807. The molecule has 1 atom stereocenters. The largest absolute Gasteiger partial charge is 0.319 e. The molecule has 112 valence electrons. The molecule has 0 aromatic heterocycles. The van der Waals surface area contributed by atoms with E-state index in [1.807, 2.05) is 31.3 Å². The van der Waals surface area contributed by atoms with Gasteiger partial charge in [-0.05, 0) is 67.7 Å². The maximum Gasteiger partial charge on any atom is 0.123 e. The van der Waals surface area contributed by atoms with Crippen LogP contribution in [0.2, 0.25) is 10.0 Å². The summed E-state index contributed by atoms with van der Waals surface area (Å²) < 4.78 is 13.3. The third-order valence-electron chi connectivity index (χ3n) is 3.46. The zero-order valence-electron chi connectivity index (χ0n) is 11.9. The molecule has 0 aliphatic rings. The summed E-state index contributed by atoms with van der Waals surface area (Å²) in [6.07, 6.45) is 1.54. The smallest absolute Gasteiger partial charge is 0.123 e. The third kappa shape index (κ3) is 4.70. The van der Waals surface area contributed by atoms with Crippen molar-refractivity contribution >= 4 is 23.2 Å². The minimum atomic E-state index is -0.202. The fourth-order valence-corrected chi connectivity index (χ4v) is 3.07. The molecule has 0 radical (unpaired) electrons. The minimum Gasteiger partial charge on any atom is -0.319 e. The highest BCUT2D eigenvalue weighted by atomic mass is 35.5. The monoisotopic (exact) mass is 325 g/mol. The lowest BCUT2D eigenvalue weighted by molar-refractivity contribution is 0.492. The number of rotatable bonds is 6. The Kier molecular flexibility index (Phi) is 6.04. The van der Waals surface area contributed by atoms with Crippen LogP contribution in [0.1, 0.15) is 11.1 Å². The van der Waals surface area contributed by atoms with Gasteiger partial charge in [0.25, 0.3) is 0 Å². The first kappa shape index (κ1) is 16.3. The van der Waals surface area contributed by atoms with Crippen LogP contribution < -0.4 is 5.32 Å². The van der Waals surface area contributed by atoms with Gasteiger partial charge < -0.3 is 5.32 Å².